The van der Waals surface area contributed by atoms with E-state index in [4.69, 9.17) is 0 Å². The van der Waals surface area contributed by atoms with Crippen molar-refractivity contribution in [3.05, 3.63) is 35.4 Å². The lowest BCUT2D eigenvalue weighted by Gasteiger charge is -2.34. The van der Waals surface area contributed by atoms with Gasteiger partial charge in [-0.05, 0) is 37.1 Å². The summed E-state index contributed by atoms with van der Waals surface area (Å²) < 4.78 is 0. The van der Waals surface area contributed by atoms with E-state index in [0.717, 1.165) is 44.7 Å². The van der Waals surface area contributed by atoms with Gasteiger partial charge < -0.3 is 9.80 Å². The number of benzene rings is 1. The highest BCUT2D eigenvalue weighted by Gasteiger charge is 2.21. The van der Waals surface area contributed by atoms with Crippen molar-refractivity contribution in [1.29, 1.82) is 0 Å². The van der Waals surface area contributed by atoms with Gasteiger partial charge in [0.1, 0.15) is 0 Å². The van der Waals surface area contributed by atoms with Crippen molar-refractivity contribution in [3.8, 4) is 0 Å². The van der Waals surface area contributed by atoms with Gasteiger partial charge in [0.05, 0.1) is 0 Å². The van der Waals surface area contributed by atoms with E-state index in [0.29, 0.717) is 0 Å². The molecule has 1 fully saturated rings. The molecular weight excluding hydrogens is 296 g/mol. The molecule has 0 N–H and O–H groups in total. The standard InChI is InChI=1S/C21H34N2O/c1-3-5-6-7-8-9-10-19-11-13-20(14-12-19)21(24)23-17-15-22(4-2)16-18-23/h11-14H,3-10,15-18H2,1-2H3. The van der Waals surface area contributed by atoms with Gasteiger partial charge in [-0.25, -0.2) is 0 Å². The van der Waals surface area contributed by atoms with Crippen LogP contribution in [0.2, 0.25) is 0 Å². The SMILES string of the molecule is CCCCCCCCc1ccc(C(=O)N2CCN(CC)CC2)cc1. The molecule has 0 bridgehead atoms. The van der Waals surface area contributed by atoms with E-state index < -0.39 is 0 Å². The zero-order valence-electron chi connectivity index (χ0n) is 15.6. The topological polar surface area (TPSA) is 23.6 Å². The third-order valence-corrected chi connectivity index (χ3v) is 5.13. The van der Waals surface area contributed by atoms with E-state index in [-0.39, 0.29) is 5.91 Å². The predicted octanol–water partition coefficient (Wildman–Crippen LogP) is 4.37. The van der Waals surface area contributed by atoms with Crippen molar-refractivity contribution in [3.63, 3.8) is 0 Å². The minimum atomic E-state index is 0.192. The molecule has 1 aromatic carbocycles. The van der Waals surface area contributed by atoms with Gasteiger partial charge in [-0.15, -0.1) is 0 Å². The van der Waals surface area contributed by atoms with E-state index in [2.05, 4.69) is 30.9 Å². The third kappa shape index (κ3) is 5.94. The number of carbonyl (C=O) groups excluding carboxylic acids is 1. The molecule has 1 heterocycles. The molecule has 0 aliphatic carbocycles. The Morgan fingerprint density at radius 1 is 0.875 bits per heavy atom. The van der Waals surface area contributed by atoms with Gasteiger partial charge in [0.25, 0.3) is 5.91 Å². The van der Waals surface area contributed by atoms with Crippen LogP contribution in [0, 0.1) is 0 Å². The van der Waals surface area contributed by atoms with Crippen molar-refractivity contribution in [2.24, 2.45) is 0 Å². The molecule has 1 aliphatic heterocycles. The van der Waals surface area contributed by atoms with Gasteiger partial charge in [0, 0.05) is 31.7 Å². The highest BCUT2D eigenvalue weighted by atomic mass is 16.2. The van der Waals surface area contributed by atoms with Gasteiger partial charge in [-0.2, -0.15) is 0 Å². The summed E-state index contributed by atoms with van der Waals surface area (Å²) in [4.78, 5) is 17.0. The van der Waals surface area contributed by atoms with E-state index in [1.807, 2.05) is 17.0 Å². The fraction of sp³-hybridized carbons (Fsp3) is 0.667. The van der Waals surface area contributed by atoms with Crippen molar-refractivity contribution in [2.45, 2.75) is 58.8 Å². The average molecular weight is 331 g/mol. The predicted molar refractivity (Wildman–Crippen MR) is 102 cm³/mol. The van der Waals surface area contributed by atoms with Gasteiger partial charge in [0.2, 0.25) is 0 Å². The van der Waals surface area contributed by atoms with Gasteiger partial charge in [-0.3, -0.25) is 4.79 Å². The molecule has 24 heavy (non-hydrogen) atoms. The maximum atomic E-state index is 12.6. The van der Waals surface area contributed by atoms with Gasteiger partial charge >= 0.3 is 0 Å². The summed E-state index contributed by atoms with van der Waals surface area (Å²) >= 11 is 0. The second kappa shape index (κ2) is 10.5. The number of carbonyl (C=O) groups is 1. The Morgan fingerprint density at radius 3 is 2.12 bits per heavy atom. The van der Waals surface area contributed by atoms with Crippen LogP contribution in [0.4, 0.5) is 0 Å². The second-order valence-electron chi connectivity index (χ2n) is 6.94. The first kappa shape index (κ1) is 19.0. The maximum absolute atomic E-state index is 12.6. The maximum Gasteiger partial charge on any atom is 0.253 e. The Labute approximate surface area is 148 Å². The van der Waals surface area contributed by atoms with Crippen LogP contribution in [0.25, 0.3) is 0 Å². The highest BCUT2D eigenvalue weighted by Crippen LogP contribution is 2.13. The van der Waals surface area contributed by atoms with E-state index in [1.165, 1.54) is 44.1 Å². The van der Waals surface area contributed by atoms with E-state index in [1.54, 1.807) is 0 Å². The summed E-state index contributed by atoms with van der Waals surface area (Å²) in [6, 6.07) is 8.31. The van der Waals surface area contributed by atoms with Crippen LogP contribution in [-0.2, 0) is 6.42 Å². The molecule has 3 nitrogen and oxygen atoms in total. The number of nitrogens with zero attached hydrogens (tertiary/aromatic N) is 2. The number of hydrogen-bond acceptors (Lipinski definition) is 2. The lowest BCUT2D eigenvalue weighted by Crippen LogP contribution is -2.48. The number of unbranched alkanes of at least 4 members (excludes halogenated alkanes) is 5. The molecule has 0 saturated carbocycles. The fourth-order valence-corrected chi connectivity index (χ4v) is 3.37. The number of rotatable bonds is 9. The summed E-state index contributed by atoms with van der Waals surface area (Å²) in [6.07, 6.45) is 9.11. The Hall–Kier alpha value is -1.35. The number of aryl methyl sites for hydroxylation is 1. The lowest BCUT2D eigenvalue weighted by molar-refractivity contribution is 0.0643. The first-order chi connectivity index (χ1) is 11.7. The molecule has 1 aliphatic rings. The first-order valence-electron chi connectivity index (χ1n) is 9.85. The van der Waals surface area contributed by atoms with Gasteiger partial charge in [-0.1, -0.05) is 58.1 Å². The van der Waals surface area contributed by atoms with Crippen LogP contribution in [0.3, 0.4) is 0 Å². The minimum Gasteiger partial charge on any atom is -0.336 e. The van der Waals surface area contributed by atoms with E-state index >= 15 is 0 Å². The number of hydrogen-bond donors (Lipinski definition) is 0. The molecule has 1 amide bonds. The van der Waals surface area contributed by atoms with Crippen molar-refractivity contribution in [2.75, 3.05) is 32.7 Å². The molecule has 1 aromatic rings. The zero-order valence-corrected chi connectivity index (χ0v) is 15.6. The van der Waals surface area contributed by atoms with Gasteiger partial charge in [0.15, 0.2) is 0 Å². The van der Waals surface area contributed by atoms with Crippen molar-refractivity contribution in [1.82, 2.24) is 9.80 Å². The van der Waals surface area contributed by atoms with Crippen LogP contribution in [-0.4, -0.2) is 48.4 Å². The smallest absolute Gasteiger partial charge is 0.253 e. The molecule has 1 saturated heterocycles. The van der Waals surface area contributed by atoms with Crippen LogP contribution in [0.5, 0.6) is 0 Å². The molecule has 0 spiro atoms. The molecule has 0 atom stereocenters. The van der Waals surface area contributed by atoms with Crippen LogP contribution >= 0.6 is 0 Å². The van der Waals surface area contributed by atoms with Crippen molar-refractivity contribution < 1.29 is 4.79 Å². The monoisotopic (exact) mass is 330 g/mol. The largest absolute Gasteiger partial charge is 0.336 e. The molecular formula is C21H34N2O. The number of piperazine rings is 1. The fourth-order valence-electron chi connectivity index (χ4n) is 3.37. The van der Waals surface area contributed by atoms with E-state index in [9.17, 15) is 4.79 Å². The molecule has 0 aromatic heterocycles. The Balaban J connectivity index is 1.74. The normalized spacial score (nSPS) is 15.7. The third-order valence-electron chi connectivity index (χ3n) is 5.13. The van der Waals surface area contributed by atoms with Crippen LogP contribution in [0.1, 0.15) is 68.3 Å². The summed E-state index contributed by atoms with van der Waals surface area (Å²) in [5.74, 6) is 0.192. The Bertz CT molecular complexity index is 475. The molecule has 2 rings (SSSR count). The minimum absolute atomic E-state index is 0.192. The Kier molecular flexibility index (Phi) is 8.31. The number of likely N-dealkylation sites (N-methyl/N-ethyl adjacent to an activating group) is 1. The molecule has 3 heteroatoms. The summed E-state index contributed by atoms with van der Waals surface area (Å²) in [5, 5.41) is 0. The first-order valence-corrected chi connectivity index (χ1v) is 9.85. The quantitative estimate of drug-likeness (QED) is 0.628. The number of amides is 1. The summed E-state index contributed by atoms with van der Waals surface area (Å²) in [6.45, 7) is 9.22. The zero-order chi connectivity index (χ0) is 17.2. The summed E-state index contributed by atoms with van der Waals surface area (Å²) in [7, 11) is 0. The highest BCUT2D eigenvalue weighted by molar-refractivity contribution is 5.94. The van der Waals surface area contributed by atoms with Crippen molar-refractivity contribution >= 4 is 5.91 Å². The molecule has 134 valence electrons. The lowest BCUT2D eigenvalue weighted by atomic mass is 10.0. The average Bonchev–Trinajstić information content (AvgIpc) is 2.64. The summed E-state index contributed by atoms with van der Waals surface area (Å²) in [5.41, 5.74) is 2.20. The molecule has 0 unspecified atom stereocenters. The van der Waals surface area contributed by atoms with Crippen LogP contribution < -0.4 is 0 Å². The Morgan fingerprint density at radius 2 is 1.50 bits per heavy atom. The molecule has 0 radical (unpaired) electrons. The second-order valence-corrected chi connectivity index (χ2v) is 6.94. The van der Waals surface area contributed by atoms with Crippen LogP contribution in [0.15, 0.2) is 24.3 Å².